The lowest BCUT2D eigenvalue weighted by Gasteiger charge is -2.10. The Balaban J connectivity index is 2.21. The number of halogens is 1. The lowest BCUT2D eigenvalue weighted by atomic mass is 10.1. The summed E-state index contributed by atoms with van der Waals surface area (Å²) < 4.78 is 0. The topological polar surface area (TPSA) is 81.1 Å². The normalized spacial score (nSPS) is 10.1. The number of primary amides is 1. The van der Waals surface area contributed by atoms with E-state index < -0.39 is 5.91 Å². The standard InChI is InChI=1S/C14H12ClN3OS/c15-11-7-9(14(17)20)3-6-12(11)18-10-4-1-8(2-5-10)13(16)19/h1-7,18H,(H2,16,19)(H2,17,20). The average molecular weight is 306 g/mol. The number of anilines is 2. The van der Waals surface area contributed by atoms with E-state index in [1.807, 2.05) is 0 Å². The number of carbonyl (C=O) groups is 1. The minimum absolute atomic E-state index is 0.296. The number of nitrogens with one attached hydrogen (secondary N) is 1. The maximum Gasteiger partial charge on any atom is 0.248 e. The Morgan fingerprint density at radius 3 is 2.15 bits per heavy atom. The zero-order valence-corrected chi connectivity index (χ0v) is 12.0. The molecule has 2 rings (SSSR count). The molecule has 0 aliphatic rings. The first-order valence-electron chi connectivity index (χ1n) is 5.73. The van der Waals surface area contributed by atoms with Crippen molar-refractivity contribution >= 4 is 46.1 Å². The van der Waals surface area contributed by atoms with Crippen molar-refractivity contribution in [3.8, 4) is 0 Å². The van der Waals surface area contributed by atoms with E-state index in [4.69, 9.17) is 35.3 Å². The Morgan fingerprint density at radius 2 is 1.65 bits per heavy atom. The summed E-state index contributed by atoms with van der Waals surface area (Å²) in [6.07, 6.45) is 0. The molecule has 0 saturated heterocycles. The highest BCUT2D eigenvalue weighted by molar-refractivity contribution is 7.80. The van der Waals surface area contributed by atoms with Gasteiger partial charge in [-0.25, -0.2) is 0 Å². The number of thiocarbonyl (C=S) groups is 1. The molecule has 0 unspecified atom stereocenters. The van der Waals surface area contributed by atoms with E-state index in [2.05, 4.69) is 5.32 Å². The van der Waals surface area contributed by atoms with Gasteiger partial charge < -0.3 is 16.8 Å². The van der Waals surface area contributed by atoms with Gasteiger partial charge in [-0.15, -0.1) is 0 Å². The molecule has 0 radical (unpaired) electrons. The van der Waals surface area contributed by atoms with E-state index in [0.717, 1.165) is 11.4 Å². The van der Waals surface area contributed by atoms with E-state index in [-0.39, 0.29) is 0 Å². The number of amides is 1. The van der Waals surface area contributed by atoms with Crippen LogP contribution in [0.1, 0.15) is 15.9 Å². The second-order valence-corrected chi connectivity index (χ2v) is 4.97. The molecule has 0 aromatic heterocycles. The number of nitrogens with two attached hydrogens (primary N) is 2. The quantitative estimate of drug-likeness (QED) is 0.759. The van der Waals surface area contributed by atoms with Gasteiger partial charge in [0.05, 0.1) is 10.7 Å². The van der Waals surface area contributed by atoms with Crippen molar-refractivity contribution in [2.75, 3.05) is 5.32 Å². The van der Waals surface area contributed by atoms with Crippen LogP contribution in [0.15, 0.2) is 42.5 Å². The van der Waals surface area contributed by atoms with Crippen molar-refractivity contribution < 1.29 is 4.79 Å². The van der Waals surface area contributed by atoms with Crippen molar-refractivity contribution in [1.82, 2.24) is 0 Å². The highest BCUT2D eigenvalue weighted by Crippen LogP contribution is 2.26. The minimum Gasteiger partial charge on any atom is -0.389 e. The fraction of sp³-hybridized carbons (Fsp3) is 0. The zero-order chi connectivity index (χ0) is 14.7. The molecule has 20 heavy (non-hydrogen) atoms. The molecular weight excluding hydrogens is 294 g/mol. The predicted molar refractivity (Wildman–Crippen MR) is 85.6 cm³/mol. The summed E-state index contributed by atoms with van der Waals surface area (Å²) in [7, 11) is 0. The van der Waals surface area contributed by atoms with Crippen molar-refractivity contribution in [2.24, 2.45) is 11.5 Å². The molecule has 0 aliphatic heterocycles. The second-order valence-electron chi connectivity index (χ2n) is 4.13. The maximum absolute atomic E-state index is 11.0. The van der Waals surface area contributed by atoms with Crippen LogP contribution < -0.4 is 16.8 Å². The molecule has 0 atom stereocenters. The first-order valence-corrected chi connectivity index (χ1v) is 6.52. The number of rotatable bonds is 4. The molecule has 0 bridgehead atoms. The molecule has 4 nitrogen and oxygen atoms in total. The fourth-order valence-electron chi connectivity index (χ4n) is 1.64. The van der Waals surface area contributed by atoms with Gasteiger partial charge in [0, 0.05) is 16.8 Å². The van der Waals surface area contributed by atoms with Gasteiger partial charge in [-0.3, -0.25) is 4.79 Å². The summed E-state index contributed by atoms with van der Waals surface area (Å²) >= 11 is 11.0. The van der Waals surface area contributed by atoms with Crippen LogP contribution in [0.4, 0.5) is 11.4 Å². The van der Waals surface area contributed by atoms with Crippen molar-refractivity contribution in [2.45, 2.75) is 0 Å². The van der Waals surface area contributed by atoms with E-state index in [0.29, 0.717) is 21.1 Å². The molecule has 0 heterocycles. The lowest BCUT2D eigenvalue weighted by Crippen LogP contribution is -2.10. The van der Waals surface area contributed by atoms with Crippen LogP contribution in [-0.2, 0) is 0 Å². The Morgan fingerprint density at radius 1 is 1.05 bits per heavy atom. The van der Waals surface area contributed by atoms with Crippen molar-refractivity contribution in [3.05, 3.63) is 58.6 Å². The summed E-state index contributed by atoms with van der Waals surface area (Å²) in [5.74, 6) is -0.463. The van der Waals surface area contributed by atoms with E-state index >= 15 is 0 Å². The molecule has 2 aromatic rings. The molecule has 6 heteroatoms. The van der Waals surface area contributed by atoms with Crippen LogP contribution in [0.3, 0.4) is 0 Å². The summed E-state index contributed by atoms with van der Waals surface area (Å²) in [6, 6.07) is 12.1. The molecule has 0 saturated carbocycles. The van der Waals surface area contributed by atoms with Crippen LogP contribution in [0.2, 0.25) is 5.02 Å². The summed E-state index contributed by atoms with van der Waals surface area (Å²) in [6.45, 7) is 0. The van der Waals surface area contributed by atoms with Crippen LogP contribution >= 0.6 is 23.8 Å². The third-order valence-electron chi connectivity index (χ3n) is 2.70. The van der Waals surface area contributed by atoms with Gasteiger partial charge in [-0.2, -0.15) is 0 Å². The molecule has 0 fully saturated rings. The summed E-state index contributed by atoms with van der Waals surface area (Å²) in [5, 5.41) is 3.64. The molecule has 102 valence electrons. The van der Waals surface area contributed by atoms with Crippen LogP contribution in [0.5, 0.6) is 0 Å². The Kier molecular flexibility index (Phi) is 4.22. The monoisotopic (exact) mass is 305 g/mol. The smallest absolute Gasteiger partial charge is 0.248 e. The van der Waals surface area contributed by atoms with Gasteiger partial charge in [0.25, 0.3) is 0 Å². The molecule has 0 spiro atoms. The van der Waals surface area contributed by atoms with Gasteiger partial charge in [0.1, 0.15) is 4.99 Å². The van der Waals surface area contributed by atoms with Gasteiger partial charge in [0.15, 0.2) is 0 Å². The third kappa shape index (κ3) is 3.26. The van der Waals surface area contributed by atoms with E-state index in [9.17, 15) is 4.79 Å². The average Bonchev–Trinajstić information content (AvgIpc) is 2.41. The molecule has 5 N–H and O–H groups in total. The molecule has 1 amide bonds. The first-order chi connectivity index (χ1) is 9.47. The van der Waals surface area contributed by atoms with Gasteiger partial charge in [0.2, 0.25) is 5.91 Å². The number of benzene rings is 2. The van der Waals surface area contributed by atoms with E-state index in [1.165, 1.54) is 0 Å². The highest BCUT2D eigenvalue weighted by Gasteiger charge is 2.05. The maximum atomic E-state index is 11.0. The lowest BCUT2D eigenvalue weighted by molar-refractivity contribution is 0.100. The first kappa shape index (κ1) is 14.3. The Labute approximate surface area is 126 Å². The van der Waals surface area contributed by atoms with Gasteiger partial charge >= 0.3 is 0 Å². The van der Waals surface area contributed by atoms with Crippen molar-refractivity contribution in [1.29, 1.82) is 0 Å². The highest BCUT2D eigenvalue weighted by atomic mass is 35.5. The van der Waals surface area contributed by atoms with Gasteiger partial charge in [-0.05, 0) is 42.5 Å². The van der Waals surface area contributed by atoms with Crippen LogP contribution in [-0.4, -0.2) is 10.9 Å². The second kappa shape index (κ2) is 5.90. The summed E-state index contributed by atoms with van der Waals surface area (Å²) in [4.78, 5) is 11.3. The minimum atomic E-state index is -0.463. The van der Waals surface area contributed by atoms with E-state index in [1.54, 1.807) is 42.5 Å². The zero-order valence-electron chi connectivity index (χ0n) is 10.4. The number of hydrogen-bond donors (Lipinski definition) is 3. The third-order valence-corrected chi connectivity index (χ3v) is 3.25. The molecule has 2 aromatic carbocycles. The van der Waals surface area contributed by atoms with Crippen LogP contribution in [0.25, 0.3) is 0 Å². The molecular formula is C14H12ClN3OS. The van der Waals surface area contributed by atoms with Gasteiger partial charge in [-0.1, -0.05) is 23.8 Å². The Bertz CT molecular complexity index is 671. The van der Waals surface area contributed by atoms with Crippen LogP contribution in [0, 0.1) is 0 Å². The predicted octanol–water partition coefficient (Wildman–Crippen LogP) is 2.82. The Hall–Kier alpha value is -2.11. The summed E-state index contributed by atoms with van der Waals surface area (Å²) in [5.41, 5.74) is 13.4. The SMILES string of the molecule is NC(=O)c1ccc(Nc2ccc(C(N)=S)cc2Cl)cc1. The molecule has 0 aliphatic carbocycles. The van der Waals surface area contributed by atoms with Crippen molar-refractivity contribution in [3.63, 3.8) is 0 Å². The largest absolute Gasteiger partial charge is 0.389 e. The fourth-order valence-corrected chi connectivity index (χ4v) is 2.00. The number of hydrogen-bond acceptors (Lipinski definition) is 3. The number of carbonyl (C=O) groups excluding carboxylic acids is 1.